The summed E-state index contributed by atoms with van der Waals surface area (Å²) in [6, 6.07) is 6.96. The first-order valence-corrected chi connectivity index (χ1v) is 9.67. The molecule has 1 aromatic carbocycles. The van der Waals surface area contributed by atoms with Gasteiger partial charge < -0.3 is 0 Å². The Labute approximate surface area is 153 Å². The van der Waals surface area contributed by atoms with Crippen LogP contribution in [0.25, 0.3) is 10.2 Å². The fourth-order valence-corrected chi connectivity index (χ4v) is 4.98. The number of carbonyl (C=O) groups excluding carboxylic acids is 2. The Hall–Kier alpha value is -2.25. The summed E-state index contributed by atoms with van der Waals surface area (Å²) in [7, 11) is 0. The number of nitrogens with zero attached hydrogens (tertiary/aromatic N) is 3. The molecule has 2 amide bonds. The Bertz CT molecular complexity index is 978. The second kappa shape index (κ2) is 6.24. The molecule has 25 heavy (non-hydrogen) atoms. The molecule has 1 aliphatic rings. The quantitative estimate of drug-likeness (QED) is 0.399. The third kappa shape index (κ3) is 2.63. The molecule has 0 radical (unpaired) electrons. The van der Waals surface area contributed by atoms with Crippen LogP contribution >= 0.6 is 23.1 Å². The van der Waals surface area contributed by atoms with E-state index in [1.807, 2.05) is 0 Å². The normalized spacial score (nSPS) is 13.8. The summed E-state index contributed by atoms with van der Waals surface area (Å²) in [5.74, 6) is 0.180. The third-order valence-electron chi connectivity index (χ3n) is 4.36. The van der Waals surface area contributed by atoms with E-state index >= 15 is 0 Å². The number of aryl methyl sites for hydroxylation is 2. The molecule has 4 rings (SSSR count). The van der Waals surface area contributed by atoms with Gasteiger partial charge in [0.05, 0.1) is 11.1 Å². The number of aromatic nitrogens is 2. The lowest BCUT2D eigenvalue weighted by Crippen LogP contribution is -2.31. The first-order chi connectivity index (χ1) is 12.1. The third-order valence-corrected chi connectivity index (χ3v) is 6.45. The van der Waals surface area contributed by atoms with E-state index in [2.05, 4.69) is 23.8 Å². The average Bonchev–Trinajstić information content (AvgIpc) is 3.04. The van der Waals surface area contributed by atoms with Gasteiger partial charge in [-0.3, -0.25) is 14.5 Å². The molecule has 3 heterocycles. The molecule has 7 heteroatoms. The molecule has 0 spiro atoms. The van der Waals surface area contributed by atoms with E-state index in [-0.39, 0.29) is 11.8 Å². The van der Waals surface area contributed by atoms with Crippen LogP contribution in [0, 0.1) is 13.8 Å². The highest BCUT2D eigenvalue weighted by atomic mass is 32.2. The second-order valence-corrected chi connectivity index (χ2v) is 8.09. The van der Waals surface area contributed by atoms with Crippen LogP contribution in [-0.4, -0.2) is 39.0 Å². The molecule has 0 unspecified atom stereocenters. The van der Waals surface area contributed by atoms with Crippen molar-refractivity contribution in [2.24, 2.45) is 0 Å². The number of benzene rings is 1. The topological polar surface area (TPSA) is 63.2 Å². The second-order valence-electron chi connectivity index (χ2n) is 5.80. The molecular weight excluding hydrogens is 354 g/mol. The van der Waals surface area contributed by atoms with Gasteiger partial charge in [-0.05, 0) is 31.5 Å². The van der Waals surface area contributed by atoms with Gasteiger partial charge in [-0.1, -0.05) is 12.1 Å². The van der Waals surface area contributed by atoms with Crippen LogP contribution in [0.5, 0.6) is 0 Å². The highest BCUT2D eigenvalue weighted by Gasteiger charge is 2.34. The lowest BCUT2D eigenvalue weighted by Gasteiger charge is -2.13. The summed E-state index contributed by atoms with van der Waals surface area (Å²) in [4.78, 5) is 37.0. The Balaban J connectivity index is 1.51. The standard InChI is InChI=1S/C18H15N3O2S2/c1-10-11(2)25-16-14(10)15(19-9-20-16)24-8-7-21-17(22)12-5-3-4-6-13(12)18(21)23/h3-6,9H,7-8H2,1-2H3. The summed E-state index contributed by atoms with van der Waals surface area (Å²) >= 11 is 3.22. The molecule has 0 bridgehead atoms. The Morgan fingerprint density at radius 2 is 1.76 bits per heavy atom. The van der Waals surface area contributed by atoms with E-state index in [0.29, 0.717) is 23.4 Å². The van der Waals surface area contributed by atoms with Crippen LogP contribution in [0.15, 0.2) is 35.6 Å². The van der Waals surface area contributed by atoms with Crippen molar-refractivity contribution in [3.05, 3.63) is 52.2 Å². The van der Waals surface area contributed by atoms with Gasteiger partial charge in [0.15, 0.2) is 0 Å². The Morgan fingerprint density at radius 3 is 2.44 bits per heavy atom. The molecule has 1 aliphatic heterocycles. The lowest BCUT2D eigenvalue weighted by molar-refractivity contribution is 0.0664. The Morgan fingerprint density at radius 1 is 1.08 bits per heavy atom. The van der Waals surface area contributed by atoms with Gasteiger partial charge >= 0.3 is 0 Å². The van der Waals surface area contributed by atoms with Crippen LogP contribution in [0.4, 0.5) is 0 Å². The average molecular weight is 369 g/mol. The zero-order chi connectivity index (χ0) is 17.6. The van der Waals surface area contributed by atoms with Gasteiger partial charge in [0.1, 0.15) is 16.2 Å². The van der Waals surface area contributed by atoms with E-state index < -0.39 is 0 Å². The van der Waals surface area contributed by atoms with Crippen LogP contribution in [0.3, 0.4) is 0 Å². The van der Waals surface area contributed by atoms with Crippen molar-refractivity contribution < 1.29 is 9.59 Å². The number of thiophene rings is 1. The largest absolute Gasteiger partial charge is 0.273 e. The number of imide groups is 1. The van der Waals surface area contributed by atoms with E-state index in [1.54, 1.807) is 53.7 Å². The molecule has 126 valence electrons. The molecule has 2 aromatic heterocycles. The maximum absolute atomic E-state index is 12.4. The van der Waals surface area contributed by atoms with Gasteiger partial charge in [-0.25, -0.2) is 9.97 Å². The maximum atomic E-state index is 12.4. The first kappa shape index (κ1) is 16.2. The number of rotatable bonds is 4. The molecule has 0 saturated carbocycles. The molecular formula is C18H15N3O2S2. The van der Waals surface area contributed by atoms with Crippen LogP contribution in [0.1, 0.15) is 31.2 Å². The molecule has 0 fully saturated rings. The summed E-state index contributed by atoms with van der Waals surface area (Å²) in [5.41, 5.74) is 2.18. The molecule has 0 saturated heterocycles. The fraction of sp³-hybridized carbons (Fsp3) is 0.222. The minimum absolute atomic E-state index is 0.211. The van der Waals surface area contributed by atoms with Crippen LogP contribution in [-0.2, 0) is 0 Å². The fourth-order valence-electron chi connectivity index (χ4n) is 2.94. The van der Waals surface area contributed by atoms with E-state index in [1.165, 1.54) is 15.3 Å². The number of amides is 2. The number of thioether (sulfide) groups is 1. The van der Waals surface area contributed by atoms with Crippen LogP contribution in [0.2, 0.25) is 0 Å². The van der Waals surface area contributed by atoms with Crippen molar-refractivity contribution in [2.45, 2.75) is 18.9 Å². The van der Waals surface area contributed by atoms with E-state index in [9.17, 15) is 9.59 Å². The molecule has 3 aromatic rings. The SMILES string of the molecule is Cc1sc2ncnc(SCCN3C(=O)c4ccccc4C3=O)c2c1C. The van der Waals surface area contributed by atoms with Crippen molar-refractivity contribution in [3.63, 3.8) is 0 Å². The number of hydrogen-bond acceptors (Lipinski definition) is 6. The summed E-state index contributed by atoms with van der Waals surface area (Å²) in [6.07, 6.45) is 1.57. The number of fused-ring (bicyclic) bond motifs is 2. The first-order valence-electron chi connectivity index (χ1n) is 7.86. The van der Waals surface area contributed by atoms with E-state index in [4.69, 9.17) is 0 Å². The van der Waals surface area contributed by atoms with Crippen molar-refractivity contribution >= 4 is 45.1 Å². The summed E-state index contributed by atoms with van der Waals surface area (Å²) in [6.45, 7) is 4.52. The zero-order valence-electron chi connectivity index (χ0n) is 13.8. The van der Waals surface area contributed by atoms with E-state index in [0.717, 1.165) is 15.2 Å². The van der Waals surface area contributed by atoms with Gasteiger partial charge in [0.2, 0.25) is 0 Å². The smallest absolute Gasteiger partial charge is 0.261 e. The monoisotopic (exact) mass is 369 g/mol. The molecule has 0 N–H and O–H groups in total. The molecule has 0 aliphatic carbocycles. The predicted octanol–water partition coefficient (Wildman–Crippen LogP) is 3.70. The minimum Gasteiger partial charge on any atom is -0.273 e. The summed E-state index contributed by atoms with van der Waals surface area (Å²) in [5, 5.41) is 1.99. The van der Waals surface area contributed by atoms with Crippen LogP contribution < -0.4 is 0 Å². The van der Waals surface area contributed by atoms with Gasteiger partial charge in [-0.15, -0.1) is 23.1 Å². The van der Waals surface area contributed by atoms with Crippen molar-refractivity contribution in [2.75, 3.05) is 12.3 Å². The number of carbonyl (C=O) groups is 2. The van der Waals surface area contributed by atoms with Gasteiger partial charge in [0.25, 0.3) is 11.8 Å². The Kier molecular flexibility index (Phi) is 4.05. The maximum Gasteiger partial charge on any atom is 0.261 e. The van der Waals surface area contributed by atoms with Gasteiger partial charge in [0, 0.05) is 22.6 Å². The predicted molar refractivity (Wildman–Crippen MR) is 99.4 cm³/mol. The highest BCUT2D eigenvalue weighted by molar-refractivity contribution is 7.99. The lowest BCUT2D eigenvalue weighted by atomic mass is 10.1. The van der Waals surface area contributed by atoms with Crippen molar-refractivity contribution in [1.29, 1.82) is 0 Å². The molecule has 5 nitrogen and oxygen atoms in total. The zero-order valence-corrected chi connectivity index (χ0v) is 15.4. The highest BCUT2D eigenvalue weighted by Crippen LogP contribution is 2.34. The minimum atomic E-state index is -0.211. The van der Waals surface area contributed by atoms with Crippen molar-refractivity contribution in [1.82, 2.24) is 14.9 Å². The molecule has 0 atom stereocenters. The van der Waals surface area contributed by atoms with Gasteiger partial charge in [-0.2, -0.15) is 0 Å². The van der Waals surface area contributed by atoms with Crippen molar-refractivity contribution in [3.8, 4) is 0 Å². The number of hydrogen-bond donors (Lipinski definition) is 0. The summed E-state index contributed by atoms with van der Waals surface area (Å²) < 4.78 is 0.